The molecule has 0 heterocycles. The molecule has 0 unspecified atom stereocenters. The van der Waals surface area contributed by atoms with Crippen LogP contribution in [0.1, 0.15) is 122 Å². The summed E-state index contributed by atoms with van der Waals surface area (Å²) < 4.78 is 0. The van der Waals surface area contributed by atoms with Crippen LogP contribution in [-0.2, 0) is 0 Å². The molecule has 0 aliphatic rings. The molecule has 0 amide bonds. The number of allylic oxidation sites excluding steroid dienone is 2. The predicted octanol–water partition coefficient (Wildman–Crippen LogP) is 8.11. The maximum Gasteiger partial charge on any atom is 0.0621 e. The first-order valence-corrected chi connectivity index (χ1v) is 10.4. The summed E-state index contributed by atoms with van der Waals surface area (Å²) in [4.78, 5) is 0. The van der Waals surface area contributed by atoms with Gasteiger partial charge in [-0.15, -0.1) is 0 Å². The fourth-order valence-electron chi connectivity index (χ4n) is 2.98. The quantitative estimate of drug-likeness (QED) is 0.185. The molecule has 0 N–H and O–H groups in total. The van der Waals surface area contributed by atoms with E-state index in [4.69, 9.17) is 5.26 Å². The van der Waals surface area contributed by atoms with Gasteiger partial charge in [-0.3, -0.25) is 0 Å². The van der Waals surface area contributed by atoms with Gasteiger partial charge in [0.15, 0.2) is 0 Å². The molecule has 134 valence electrons. The Kier molecular flexibility index (Phi) is 20.5. The Labute approximate surface area is 146 Å². The first-order valence-electron chi connectivity index (χ1n) is 10.4. The second-order valence-corrected chi connectivity index (χ2v) is 6.91. The van der Waals surface area contributed by atoms with E-state index in [9.17, 15) is 0 Å². The molecule has 0 atom stereocenters. The molecule has 0 aromatic heterocycles. The lowest BCUT2D eigenvalue weighted by molar-refractivity contribution is 0.557. The van der Waals surface area contributed by atoms with Crippen LogP contribution in [0.4, 0.5) is 0 Å². The highest BCUT2D eigenvalue weighted by atomic mass is 14.2. The van der Waals surface area contributed by atoms with Crippen molar-refractivity contribution in [3.63, 3.8) is 0 Å². The molecule has 0 aromatic carbocycles. The molecule has 1 heteroatoms. The molecule has 0 saturated heterocycles. The third-order valence-electron chi connectivity index (χ3n) is 4.55. The second-order valence-electron chi connectivity index (χ2n) is 6.91. The van der Waals surface area contributed by atoms with E-state index in [1.165, 1.54) is 103 Å². The van der Waals surface area contributed by atoms with Gasteiger partial charge in [0.1, 0.15) is 0 Å². The van der Waals surface area contributed by atoms with Crippen LogP contribution in [-0.4, -0.2) is 0 Å². The van der Waals surface area contributed by atoms with Crippen LogP contribution in [0.5, 0.6) is 0 Å². The molecule has 0 aromatic rings. The van der Waals surface area contributed by atoms with Gasteiger partial charge in [0, 0.05) is 6.42 Å². The maximum absolute atomic E-state index is 8.45. The van der Waals surface area contributed by atoms with E-state index in [2.05, 4.69) is 25.1 Å². The zero-order valence-electron chi connectivity index (χ0n) is 15.8. The summed E-state index contributed by atoms with van der Waals surface area (Å²) in [6, 6.07) is 2.21. The largest absolute Gasteiger partial charge is 0.198 e. The molecule has 0 bridgehead atoms. The fourth-order valence-corrected chi connectivity index (χ4v) is 2.98. The number of hydrogen-bond donors (Lipinski definition) is 0. The van der Waals surface area contributed by atoms with E-state index in [1.54, 1.807) is 0 Å². The van der Waals surface area contributed by atoms with Crippen molar-refractivity contribution in [1.29, 1.82) is 5.26 Å². The average Bonchev–Trinajstić information content (AvgIpc) is 2.57. The Morgan fingerprint density at radius 1 is 0.565 bits per heavy atom. The summed E-state index contributed by atoms with van der Waals surface area (Å²) in [6.07, 6.45) is 28.6. The van der Waals surface area contributed by atoms with Crippen LogP contribution in [0.3, 0.4) is 0 Å². The zero-order valence-corrected chi connectivity index (χ0v) is 15.8. The summed E-state index contributed by atoms with van der Waals surface area (Å²) in [5.74, 6) is 0. The van der Waals surface area contributed by atoms with E-state index < -0.39 is 0 Å². The van der Waals surface area contributed by atoms with Crippen molar-refractivity contribution in [2.24, 2.45) is 0 Å². The smallest absolute Gasteiger partial charge is 0.0621 e. The number of nitriles is 1. The van der Waals surface area contributed by atoms with Crippen molar-refractivity contribution in [2.75, 3.05) is 0 Å². The van der Waals surface area contributed by atoms with Crippen molar-refractivity contribution in [2.45, 2.75) is 122 Å². The van der Waals surface area contributed by atoms with Crippen molar-refractivity contribution in [3.8, 4) is 6.07 Å². The van der Waals surface area contributed by atoms with Crippen LogP contribution in [0.2, 0.25) is 0 Å². The van der Waals surface area contributed by atoms with Gasteiger partial charge in [-0.05, 0) is 32.1 Å². The number of unbranched alkanes of at least 4 members (excludes halogenated alkanes) is 16. The normalized spacial score (nSPS) is 11.1. The minimum absolute atomic E-state index is 0.735. The van der Waals surface area contributed by atoms with Crippen molar-refractivity contribution < 1.29 is 0 Å². The van der Waals surface area contributed by atoms with E-state index in [0.717, 1.165) is 12.8 Å². The summed E-state index contributed by atoms with van der Waals surface area (Å²) in [7, 11) is 0. The van der Waals surface area contributed by atoms with E-state index in [1.807, 2.05) is 0 Å². The van der Waals surface area contributed by atoms with Crippen LogP contribution in [0, 0.1) is 11.3 Å². The van der Waals surface area contributed by atoms with Gasteiger partial charge in [-0.1, -0.05) is 96.1 Å². The molecule has 0 aliphatic heterocycles. The third kappa shape index (κ3) is 21.2. The summed E-state index contributed by atoms with van der Waals surface area (Å²) in [6.45, 7) is 2.29. The second kappa shape index (κ2) is 21.2. The minimum atomic E-state index is 0.735. The molecule has 1 nitrogen and oxygen atoms in total. The standard InChI is InChI=1S/C22H41N/c1-2-3-4-5-6-7-8-9-10-11-12-13-14-15-16-17-18-19-20-21-22-23/h13-14H,2-12,15-21H2,1H3/b14-13-. The van der Waals surface area contributed by atoms with Crippen LogP contribution in [0.25, 0.3) is 0 Å². The monoisotopic (exact) mass is 319 g/mol. The summed E-state index contributed by atoms with van der Waals surface area (Å²) >= 11 is 0. The molecule has 0 saturated carbocycles. The van der Waals surface area contributed by atoms with Crippen LogP contribution >= 0.6 is 0 Å². The summed E-state index contributed by atoms with van der Waals surface area (Å²) in [5, 5.41) is 8.45. The molecule has 0 fully saturated rings. The number of nitrogens with zero attached hydrogens (tertiary/aromatic N) is 1. The zero-order chi connectivity index (χ0) is 16.8. The highest BCUT2D eigenvalue weighted by Crippen LogP contribution is 2.12. The fraction of sp³-hybridized carbons (Fsp3) is 0.864. The highest BCUT2D eigenvalue weighted by Gasteiger charge is 1.92. The Balaban J connectivity index is 3.04. The van der Waals surface area contributed by atoms with Gasteiger partial charge in [0.05, 0.1) is 6.07 Å². The van der Waals surface area contributed by atoms with Crippen molar-refractivity contribution in [3.05, 3.63) is 12.2 Å². The first kappa shape index (κ1) is 22.2. The SMILES string of the molecule is CCCCCCCCCCCC/C=C\CCCCCCCC#N. The van der Waals surface area contributed by atoms with E-state index in [0.29, 0.717) is 0 Å². The Morgan fingerprint density at radius 3 is 1.39 bits per heavy atom. The van der Waals surface area contributed by atoms with Gasteiger partial charge >= 0.3 is 0 Å². The van der Waals surface area contributed by atoms with Crippen molar-refractivity contribution >= 4 is 0 Å². The van der Waals surface area contributed by atoms with Gasteiger partial charge in [0.25, 0.3) is 0 Å². The lowest BCUT2D eigenvalue weighted by Crippen LogP contribution is -1.81. The topological polar surface area (TPSA) is 23.8 Å². The molecule has 0 aliphatic carbocycles. The highest BCUT2D eigenvalue weighted by molar-refractivity contribution is 4.81. The predicted molar refractivity (Wildman–Crippen MR) is 104 cm³/mol. The molecular formula is C22H41N. The third-order valence-corrected chi connectivity index (χ3v) is 4.55. The van der Waals surface area contributed by atoms with Crippen LogP contribution < -0.4 is 0 Å². The molecule has 0 spiro atoms. The van der Waals surface area contributed by atoms with E-state index in [-0.39, 0.29) is 0 Å². The molecule has 0 rings (SSSR count). The van der Waals surface area contributed by atoms with Crippen LogP contribution in [0.15, 0.2) is 12.2 Å². The lowest BCUT2D eigenvalue weighted by atomic mass is 10.1. The van der Waals surface area contributed by atoms with Gasteiger partial charge in [0.2, 0.25) is 0 Å². The molecule has 0 radical (unpaired) electrons. The Hall–Kier alpha value is -0.770. The van der Waals surface area contributed by atoms with Gasteiger partial charge in [-0.2, -0.15) is 5.26 Å². The maximum atomic E-state index is 8.45. The Bertz CT molecular complexity index is 274. The molecular weight excluding hydrogens is 278 g/mol. The van der Waals surface area contributed by atoms with Crippen molar-refractivity contribution in [1.82, 2.24) is 0 Å². The Morgan fingerprint density at radius 2 is 0.957 bits per heavy atom. The van der Waals surface area contributed by atoms with Gasteiger partial charge in [-0.25, -0.2) is 0 Å². The summed E-state index contributed by atoms with van der Waals surface area (Å²) in [5.41, 5.74) is 0. The number of rotatable bonds is 18. The minimum Gasteiger partial charge on any atom is -0.198 e. The van der Waals surface area contributed by atoms with Gasteiger partial charge < -0.3 is 0 Å². The average molecular weight is 320 g/mol. The molecule has 23 heavy (non-hydrogen) atoms. The first-order chi connectivity index (χ1) is 11.4. The number of hydrogen-bond acceptors (Lipinski definition) is 1. The lowest BCUT2D eigenvalue weighted by Gasteiger charge is -2.01. The van der Waals surface area contributed by atoms with E-state index >= 15 is 0 Å².